The molecule has 1 unspecified atom stereocenters. The van der Waals surface area contributed by atoms with Gasteiger partial charge in [0, 0.05) is 18.9 Å². The molecule has 1 aromatic rings. The van der Waals surface area contributed by atoms with Crippen molar-refractivity contribution in [2.24, 2.45) is 0 Å². The van der Waals surface area contributed by atoms with Crippen LogP contribution in [0, 0.1) is 0 Å². The van der Waals surface area contributed by atoms with Gasteiger partial charge in [0.2, 0.25) is 0 Å². The fourth-order valence-corrected chi connectivity index (χ4v) is 1.15. The van der Waals surface area contributed by atoms with Crippen LogP contribution in [0.5, 0.6) is 0 Å². The minimum Gasteiger partial charge on any atom is -0.393 e. The molecule has 0 bridgehead atoms. The number of aromatic nitrogens is 2. The first-order valence-electron chi connectivity index (χ1n) is 4.43. The van der Waals surface area contributed by atoms with Crippen LogP contribution in [0.1, 0.15) is 26.2 Å². The minimum atomic E-state index is -0.159. The minimum absolute atomic E-state index is 0.159. The molecule has 0 amide bonds. The SMILES string of the molecule is CC(O)CCCCn1ccnc1. The van der Waals surface area contributed by atoms with Crippen molar-refractivity contribution < 1.29 is 5.11 Å². The molecule has 1 N–H and O–H groups in total. The molecule has 0 spiro atoms. The van der Waals surface area contributed by atoms with E-state index in [-0.39, 0.29) is 6.10 Å². The highest BCUT2D eigenvalue weighted by atomic mass is 16.3. The molecular weight excluding hydrogens is 152 g/mol. The van der Waals surface area contributed by atoms with Crippen LogP contribution in [-0.4, -0.2) is 20.8 Å². The zero-order valence-corrected chi connectivity index (χ0v) is 7.48. The third kappa shape index (κ3) is 3.53. The predicted octanol–water partition coefficient (Wildman–Crippen LogP) is 1.43. The third-order valence-corrected chi connectivity index (χ3v) is 1.85. The normalized spacial score (nSPS) is 13.2. The lowest BCUT2D eigenvalue weighted by Crippen LogP contribution is -2.00. The second-order valence-corrected chi connectivity index (χ2v) is 3.15. The number of imidazole rings is 1. The van der Waals surface area contributed by atoms with E-state index in [4.69, 9.17) is 5.11 Å². The lowest BCUT2D eigenvalue weighted by molar-refractivity contribution is 0.180. The summed E-state index contributed by atoms with van der Waals surface area (Å²) in [7, 11) is 0. The van der Waals surface area contributed by atoms with E-state index in [1.807, 2.05) is 19.4 Å². The molecule has 0 radical (unpaired) electrons. The summed E-state index contributed by atoms with van der Waals surface area (Å²) in [5, 5.41) is 8.99. The molecule has 1 rings (SSSR count). The number of aliphatic hydroxyl groups is 1. The van der Waals surface area contributed by atoms with Crippen LogP contribution in [0.25, 0.3) is 0 Å². The van der Waals surface area contributed by atoms with Crippen LogP contribution >= 0.6 is 0 Å². The van der Waals surface area contributed by atoms with Crippen molar-refractivity contribution >= 4 is 0 Å². The van der Waals surface area contributed by atoms with E-state index >= 15 is 0 Å². The highest BCUT2D eigenvalue weighted by Gasteiger charge is 1.95. The van der Waals surface area contributed by atoms with Gasteiger partial charge in [0.15, 0.2) is 0 Å². The average Bonchev–Trinajstić information content (AvgIpc) is 2.49. The summed E-state index contributed by atoms with van der Waals surface area (Å²) in [5.41, 5.74) is 0. The maximum absolute atomic E-state index is 8.99. The molecule has 3 nitrogen and oxygen atoms in total. The van der Waals surface area contributed by atoms with Crippen LogP contribution in [0.15, 0.2) is 18.7 Å². The zero-order chi connectivity index (χ0) is 8.81. The Morgan fingerprint density at radius 1 is 1.50 bits per heavy atom. The summed E-state index contributed by atoms with van der Waals surface area (Å²) in [5.74, 6) is 0. The van der Waals surface area contributed by atoms with Gasteiger partial charge in [-0.1, -0.05) is 0 Å². The monoisotopic (exact) mass is 168 g/mol. The van der Waals surface area contributed by atoms with Crippen LogP contribution in [0.2, 0.25) is 0 Å². The van der Waals surface area contributed by atoms with Crippen molar-refractivity contribution in [3.8, 4) is 0 Å². The van der Waals surface area contributed by atoms with E-state index < -0.39 is 0 Å². The summed E-state index contributed by atoms with van der Waals surface area (Å²) < 4.78 is 2.06. The Kier molecular flexibility index (Phi) is 3.80. The summed E-state index contributed by atoms with van der Waals surface area (Å²) >= 11 is 0. The largest absolute Gasteiger partial charge is 0.393 e. The Balaban J connectivity index is 2.04. The van der Waals surface area contributed by atoms with Crippen molar-refractivity contribution in [1.29, 1.82) is 0 Å². The Labute approximate surface area is 73.1 Å². The smallest absolute Gasteiger partial charge is 0.0945 e. The molecule has 0 aliphatic carbocycles. The summed E-state index contributed by atoms with van der Waals surface area (Å²) in [6.45, 7) is 2.84. The van der Waals surface area contributed by atoms with Crippen LogP contribution in [0.3, 0.4) is 0 Å². The van der Waals surface area contributed by atoms with Gasteiger partial charge in [-0.25, -0.2) is 4.98 Å². The van der Waals surface area contributed by atoms with E-state index in [9.17, 15) is 0 Å². The number of hydrogen-bond donors (Lipinski definition) is 1. The first-order chi connectivity index (χ1) is 5.79. The van der Waals surface area contributed by atoms with Gasteiger partial charge < -0.3 is 9.67 Å². The lowest BCUT2D eigenvalue weighted by Gasteiger charge is -2.03. The quantitative estimate of drug-likeness (QED) is 0.675. The van der Waals surface area contributed by atoms with Gasteiger partial charge in [0.05, 0.1) is 12.4 Å². The Bertz CT molecular complexity index is 194. The van der Waals surface area contributed by atoms with Gasteiger partial charge in [-0.3, -0.25) is 0 Å². The fourth-order valence-electron chi connectivity index (χ4n) is 1.15. The first kappa shape index (κ1) is 9.26. The van der Waals surface area contributed by atoms with E-state index in [0.717, 1.165) is 25.8 Å². The predicted molar refractivity (Wildman–Crippen MR) is 47.8 cm³/mol. The number of unbranched alkanes of at least 4 members (excludes halogenated alkanes) is 1. The molecular formula is C9H16N2O. The lowest BCUT2D eigenvalue weighted by atomic mass is 10.2. The fraction of sp³-hybridized carbons (Fsp3) is 0.667. The topological polar surface area (TPSA) is 38.0 Å². The zero-order valence-electron chi connectivity index (χ0n) is 7.48. The molecule has 12 heavy (non-hydrogen) atoms. The number of rotatable bonds is 5. The van der Waals surface area contributed by atoms with E-state index in [1.165, 1.54) is 0 Å². The van der Waals surface area contributed by atoms with Gasteiger partial charge in [0.1, 0.15) is 0 Å². The summed E-state index contributed by atoms with van der Waals surface area (Å²) in [4.78, 5) is 3.95. The molecule has 0 aliphatic heterocycles. The van der Waals surface area contributed by atoms with Crippen LogP contribution < -0.4 is 0 Å². The molecule has 0 fully saturated rings. The standard InChI is InChI=1S/C9H16N2O/c1-9(12)4-2-3-6-11-7-5-10-8-11/h5,7-9,12H,2-4,6H2,1H3. The summed E-state index contributed by atoms with van der Waals surface area (Å²) in [6.07, 6.45) is 8.50. The van der Waals surface area contributed by atoms with E-state index in [0.29, 0.717) is 0 Å². The molecule has 0 aliphatic rings. The van der Waals surface area contributed by atoms with Gasteiger partial charge in [0.25, 0.3) is 0 Å². The number of hydrogen-bond acceptors (Lipinski definition) is 2. The molecule has 1 heterocycles. The molecule has 68 valence electrons. The first-order valence-corrected chi connectivity index (χ1v) is 4.43. The molecule has 0 aromatic carbocycles. The number of aliphatic hydroxyl groups excluding tert-OH is 1. The summed E-state index contributed by atoms with van der Waals surface area (Å²) in [6, 6.07) is 0. The van der Waals surface area contributed by atoms with Crippen LogP contribution in [-0.2, 0) is 6.54 Å². The Morgan fingerprint density at radius 2 is 2.33 bits per heavy atom. The second kappa shape index (κ2) is 4.93. The maximum Gasteiger partial charge on any atom is 0.0945 e. The van der Waals surface area contributed by atoms with E-state index in [2.05, 4.69) is 9.55 Å². The van der Waals surface area contributed by atoms with Gasteiger partial charge >= 0.3 is 0 Å². The highest BCUT2D eigenvalue weighted by molar-refractivity contribution is 4.73. The van der Waals surface area contributed by atoms with Crippen molar-refractivity contribution in [1.82, 2.24) is 9.55 Å². The maximum atomic E-state index is 8.99. The molecule has 0 saturated carbocycles. The van der Waals surface area contributed by atoms with Crippen LogP contribution in [0.4, 0.5) is 0 Å². The van der Waals surface area contributed by atoms with E-state index in [1.54, 1.807) is 6.20 Å². The number of aryl methyl sites for hydroxylation is 1. The molecule has 3 heteroatoms. The molecule has 0 saturated heterocycles. The van der Waals surface area contributed by atoms with Crippen molar-refractivity contribution in [2.75, 3.05) is 0 Å². The van der Waals surface area contributed by atoms with Gasteiger partial charge in [-0.2, -0.15) is 0 Å². The number of nitrogens with zero attached hydrogens (tertiary/aromatic N) is 2. The van der Waals surface area contributed by atoms with Crippen molar-refractivity contribution in [3.63, 3.8) is 0 Å². The van der Waals surface area contributed by atoms with Gasteiger partial charge in [-0.05, 0) is 26.2 Å². The highest BCUT2D eigenvalue weighted by Crippen LogP contribution is 2.01. The second-order valence-electron chi connectivity index (χ2n) is 3.15. The van der Waals surface area contributed by atoms with Crippen molar-refractivity contribution in [3.05, 3.63) is 18.7 Å². The van der Waals surface area contributed by atoms with Gasteiger partial charge in [-0.15, -0.1) is 0 Å². The average molecular weight is 168 g/mol. The Morgan fingerprint density at radius 3 is 2.92 bits per heavy atom. The van der Waals surface area contributed by atoms with Crippen molar-refractivity contribution in [2.45, 2.75) is 38.8 Å². The third-order valence-electron chi connectivity index (χ3n) is 1.85. The molecule has 1 aromatic heterocycles. The molecule has 1 atom stereocenters. The Hall–Kier alpha value is -0.830.